The zero-order chi connectivity index (χ0) is 13.6. The number of hydrogen-bond acceptors (Lipinski definition) is 2. The van der Waals surface area contributed by atoms with Crippen molar-refractivity contribution in [3.8, 4) is 5.75 Å². The van der Waals surface area contributed by atoms with Crippen molar-refractivity contribution in [2.45, 2.75) is 31.2 Å². The topological polar surface area (TPSA) is 9.23 Å². The van der Waals surface area contributed by atoms with E-state index in [1.807, 2.05) is 17.5 Å². The van der Waals surface area contributed by atoms with E-state index in [9.17, 15) is 0 Å². The number of alkyl halides is 1. The maximum Gasteiger partial charge on any atom is 0.123 e. The van der Waals surface area contributed by atoms with E-state index in [1.165, 1.54) is 5.56 Å². The molecule has 1 aromatic carbocycles. The van der Waals surface area contributed by atoms with Crippen LogP contribution in [0.15, 0.2) is 34.1 Å². The predicted octanol–water partition coefficient (Wildman–Crippen LogP) is 5.55. The summed E-state index contributed by atoms with van der Waals surface area (Å²) in [5.74, 6) is 0.989. The molecular weight excluding hydrogens is 344 g/mol. The van der Waals surface area contributed by atoms with Gasteiger partial charge in [-0.05, 0) is 58.4 Å². The van der Waals surface area contributed by atoms with E-state index in [1.54, 1.807) is 11.3 Å². The van der Waals surface area contributed by atoms with Crippen LogP contribution in [0.1, 0.15) is 35.2 Å². The molecule has 0 N–H and O–H groups in total. The second-order valence-electron chi connectivity index (χ2n) is 5.40. The molecule has 0 amide bonds. The largest absolute Gasteiger partial charge is 0.487 e. The average Bonchev–Trinajstić information content (AvgIpc) is 2.88. The number of thiophene rings is 1. The molecule has 1 nitrogen and oxygen atoms in total. The number of ether oxygens (including phenoxy) is 1. The highest BCUT2D eigenvalue weighted by Crippen LogP contribution is 2.41. The van der Waals surface area contributed by atoms with Gasteiger partial charge >= 0.3 is 0 Å². The van der Waals surface area contributed by atoms with Crippen LogP contribution in [0, 0.1) is 0 Å². The molecule has 0 saturated heterocycles. The first kappa shape index (κ1) is 13.5. The van der Waals surface area contributed by atoms with Gasteiger partial charge in [-0.15, -0.1) is 22.9 Å². The minimum Gasteiger partial charge on any atom is -0.487 e. The van der Waals surface area contributed by atoms with Crippen molar-refractivity contribution in [2.24, 2.45) is 0 Å². The minimum absolute atomic E-state index is 0.105. The minimum atomic E-state index is -0.108. The van der Waals surface area contributed by atoms with Crippen LogP contribution in [0.25, 0.3) is 0 Å². The molecular formula is C15H14BrClOS. The Morgan fingerprint density at radius 3 is 2.84 bits per heavy atom. The third-order valence-electron chi connectivity index (χ3n) is 3.25. The molecule has 0 saturated carbocycles. The van der Waals surface area contributed by atoms with E-state index in [0.29, 0.717) is 0 Å². The van der Waals surface area contributed by atoms with E-state index in [4.69, 9.17) is 16.3 Å². The van der Waals surface area contributed by atoms with Gasteiger partial charge in [-0.3, -0.25) is 0 Å². The van der Waals surface area contributed by atoms with E-state index in [0.717, 1.165) is 27.1 Å². The average molecular weight is 358 g/mol. The van der Waals surface area contributed by atoms with Crippen LogP contribution in [-0.4, -0.2) is 5.60 Å². The molecule has 2 aromatic rings. The second kappa shape index (κ2) is 4.80. The summed E-state index contributed by atoms with van der Waals surface area (Å²) < 4.78 is 6.97. The van der Waals surface area contributed by atoms with Crippen molar-refractivity contribution in [3.63, 3.8) is 0 Å². The molecule has 1 atom stereocenters. The first-order valence-electron chi connectivity index (χ1n) is 6.15. The lowest BCUT2D eigenvalue weighted by Crippen LogP contribution is -2.24. The Labute approximate surface area is 130 Å². The first-order chi connectivity index (χ1) is 8.96. The van der Waals surface area contributed by atoms with Crippen molar-refractivity contribution in [3.05, 3.63) is 50.1 Å². The number of hydrogen-bond donors (Lipinski definition) is 0. The molecule has 1 aliphatic heterocycles. The number of fused-ring (bicyclic) bond motifs is 1. The van der Waals surface area contributed by atoms with Gasteiger partial charge in [0.25, 0.3) is 0 Å². The van der Waals surface area contributed by atoms with E-state index >= 15 is 0 Å². The highest BCUT2D eigenvalue weighted by molar-refractivity contribution is 9.10. The molecule has 2 heterocycles. The summed E-state index contributed by atoms with van der Waals surface area (Å²) in [6.45, 7) is 4.22. The third-order valence-corrected chi connectivity index (χ3v) is 5.79. The molecule has 1 aliphatic rings. The second-order valence-corrected chi connectivity index (χ2v) is 7.64. The van der Waals surface area contributed by atoms with Gasteiger partial charge in [0, 0.05) is 15.8 Å². The molecule has 4 heteroatoms. The van der Waals surface area contributed by atoms with Crippen molar-refractivity contribution in [2.75, 3.05) is 0 Å². The van der Waals surface area contributed by atoms with Crippen LogP contribution in [0.3, 0.4) is 0 Å². The molecule has 1 unspecified atom stereocenters. The van der Waals surface area contributed by atoms with E-state index in [-0.39, 0.29) is 11.0 Å². The summed E-state index contributed by atoms with van der Waals surface area (Å²) in [6, 6.07) is 8.31. The Bertz CT molecular complexity index is 620. The van der Waals surface area contributed by atoms with Gasteiger partial charge in [-0.1, -0.05) is 12.1 Å². The van der Waals surface area contributed by atoms with Crippen molar-refractivity contribution < 1.29 is 4.74 Å². The van der Waals surface area contributed by atoms with Crippen molar-refractivity contribution in [1.29, 1.82) is 0 Å². The lowest BCUT2D eigenvalue weighted by molar-refractivity contribution is 0.138. The van der Waals surface area contributed by atoms with E-state index in [2.05, 4.69) is 41.9 Å². The fourth-order valence-corrected chi connectivity index (χ4v) is 4.57. The summed E-state index contributed by atoms with van der Waals surface area (Å²) in [7, 11) is 0. The molecule has 0 bridgehead atoms. The Hall–Kier alpha value is -0.510. The predicted molar refractivity (Wildman–Crippen MR) is 84.6 cm³/mol. The van der Waals surface area contributed by atoms with Gasteiger partial charge in [0.05, 0.1) is 5.38 Å². The number of benzene rings is 1. The fourth-order valence-electron chi connectivity index (χ4n) is 2.42. The van der Waals surface area contributed by atoms with Crippen LogP contribution in [0.4, 0.5) is 0 Å². The maximum absolute atomic E-state index is 6.59. The summed E-state index contributed by atoms with van der Waals surface area (Å²) in [4.78, 5) is 1.15. The molecule has 100 valence electrons. The van der Waals surface area contributed by atoms with Crippen LogP contribution in [0.5, 0.6) is 5.75 Å². The molecule has 0 spiro atoms. The van der Waals surface area contributed by atoms with Crippen molar-refractivity contribution in [1.82, 2.24) is 0 Å². The molecule has 0 fully saturated rings. The molecule has 1 aromatic heterocycles. The molecule has 3 rings (SSSR count). The van der Waals surface area contributed by atoms with Gasteiger partial charge in [0.1, 0.15) is 11.4 Å². The summed E-state index contributed by atoms with van der Waals surface area (Å²) >= 11 is 11.8. The standard InChI is InChI=1S/C15H14BrClOS/c1-15(2)8-10-7-9(3-4-12(10)18-15)13(17)14-11(16)5-6-19-14/h3-7,13H,8H2,1-2H3. The van der Waals surface area contributed by atoms with Crippen LogP contribution < -0.4 is 4.74 Å². The number of rotatable bonds is 2. The van der Waals surface area contributed by atoms with Gasteiger partial charge in [-0.2, -0.15) is 0 Å². The monoisotopic (exact) mass is 356 g/mol. The highest BCUT2D eigenvalue weighted by Gasteiger charge is 2.30. The van der Waals surface area contributed by atoms with Gasteiger partial charge in [0.15, 0.2) is 0 Å². The normalized spacial score (nSPS) is 17.9. The molecule has 19 heavy (non-hydrogen) atoms. The van der Waals surface area contributed by atoms with Crippen LogP contribution in [-0.2, 0) is 6.42 Å². The van der Waals surface area contributed by atoms with E-state index < -0.39 is 0 Å². The smallest absolute Gasteiger partial charge is 0.123 e. The Morgan fingerprint density at radius 2 is 2.16 bits per heavy atom. The van der Waals surface area contributed by atoms with Gasteiger partial charge in [0.2, 0.25) is 0 Å². The first-order valence-corrected chi connectivity index (χ1v) is 8.26. The third kappa shape index (κ3) is 2.56. The molecule has 0 radical (unpaired) electrons. The Kier molecular flexibility index (Phi) is 3.40. The zero-order valence-electron chi connectivity index (χ0n) is 10.7. The summed E-state index contributed by atoms with van der Waals surface area (Å²) in [5.41, 5.74) is 2.28. The lowest BCUT2D eigenvalue weighted by Gasteiger charge is -2.16. The summed E-state index contributed by atoms with van der Waals surface area (Å²) in [5, 5.41) is 1.94. The molecule has 0 aliphatic carbocycles. The Morgan fingerprint density at radius 1 is 1.37 bits per heavy atom. The quantitative estimate of drug-likeness (QED) is 0.640. The van der Waals surface area contributed by atoms with Crippen LogP contribution in [0.2, 0.25) is 0 Å². The van der Waals surface area contributed by atoms with Gasteiger partial charge in [-0.25, -0.2) is 0 Å². The fraction of sp³-hybridized carbons (Fsp3) is 0.333. The maximum atomic E-state index is 6.59. The Balaban J connectivity index is 1.94. The summed E-state index contributed by atoms with van der Waals surface area (Å²) in [6.07, 6.45) is 0.936. The lowest BCUT2D eigenvalue weighted by atomic mass is 9.99. The number of halogens is 2. The SMILES string of the molecule is CC1(C)Cc2cc(C(Cl)c3sccc3Br)ccc2O1. The zero-order valence-corrected chi connectivity index (χ0v) is 13.9. The van der Waals surface area contributed by atoms with Crippen molar-refractivity contribution >= 4 is 38.9 Å². The highest BCUT2D eigenvalue weighted by atomic mass is 79.9. The van der Waals surface area contributed by atoms with Gasteiger partial charge < -0.3 is 4.74 Å². The van der Waals surface area contributed by atoms with Crippen LogP contribution >= 0.6 is 38.9 Å².